The molecule has 0 aromatic rings. The van der Waals surface area contributed by atoms with E-state index in [-0.39, 0.29) is 0 Å². The Bertz CT molecular complexity index is 322. The largest absolute Gasteiger partial charge is 0.759 e. The van der Waals surface area contributed by atoms with Crippen LogP contribution in [0.25, 0.3) is 0 Å². The second-order valence-corrected chi connectivity index (χ2v) is 7.46. The van der Waals surface area contributed by atoms with Crippen molar-refractivity contribution in [2.24, 2.45) is 11.8 Å². The quantitative estimate of drug-likeness (QED) is 0.304. The first-order valence-electron chi connectivity index (χ1n) is 8.98. The maximum atomic E-state index is 8.96. The first kappa shape index (κ1) is 25.1. The molecule has 0 heterocycles. The molecule has 0 aliphatic rings. The van der Waals surface area contributed by atoms with Crippen molar-refractivity contribution < 1.29 is 22.6 Å². The van der Waals surface area contributed by atoms with E-state index >= 15 is 0 Å². The lowest BCUT2D eigenvalue weighted by atomic mass is 9.94. The highest BCUT2D eigenvalue weighted by molar-refractivity contribution is 7.79. The summed E-state index contributed by atoms with van der Waals surface area (Å²) in [6, 6.07) is 0. The Labute approximate surface area is 143 Å². The van der Waals surface area contributed by atoms with Crippen LogP contribution in [-0.2, 0) is 10.4 Å². The van der Waals surface area contributed by atoms with Gasteiger partial charge in [-0.3, -0.25) is 8.42 Å². The van der Waals surface area contributed by atoms with Crippen LogP contribution in [0.3, 0.4) is 0 Å². The monoisotopic (exact) mass is 352 g/mol. The van der Waals surface area contributed by atoms with E-state index in [1.165, 1.54) is 70.6 Å². The maximum absolute atomic E-state index is 8.96. The molecule has 0 amide bonds. The minimum absolute atomic E-state index is 0.353. The minimum atomic E-state index is -5.17. The summed E-state index contributed by atoms with van der Waals surface area (Å²) in [6.07, 6.45) is 15.2. The second kappa shape index (κ2) is 16.7. The summed E-state index contributed by atoms with van der Waals surface area (Å²) in [7, 11) is -5.17. The van der Waals surface area contributed by atoms with Crippen LogP contribution in [0.1, 0.15) is 91.4 Å². The van der Waals surface area contributed by atoms with Crippen LogP contribution in [0.15, 0.2) is 0 Å². The fourth-order valence-corrected chi connectivity index (χ4v) is 2.50. The smallest absolute Gasteiger partial charge is 0.0456 e. The molecule has 23 heavy (non-hydrogen) atoms. The summed E-state index contributed by atoms with van der Waals surface area (Å²) in [5, 5.41) is 8.96. The normalized spacial score (nSPS) is 14.0. The predicted octanol–water partition coefficient (Wildman–Crippen LogP) is 4.22. The summed E-state index contributed by atoms with van der Waals surface area (Å²) >= 11 is 0. The van der Waals surface area contributed by atoms with Crippen molar-refractivity contribution in [1.29, 1.82) is 0 Å². The van der Waals surface area contributed by atoms with Gasteiger partial charge < -0.3 is 14.2 Å². The van der Waals surface area contributed by atoms with Gasteiger partial charge in [-0.15, -0.1) is 0 Å². The summed E-state index contributed by atoms with van der Waals surface area (Å²) in [5.74, 6) is 1.38. The van der Waals surface area contributed by atoms with E-state index in [1.807, 2.05) is 0 Å². The third-order valence-electron chi connectivity index (χ3n) is 4.01. The Morgan fingerprint density at radius 1 is 0.783 bits per heavy atom. The highest BCUT2D eigenvalue weighted by Gasteiger charge is 2.04. The molecule has 0 saturated carbocycles. The number of rotatable bonds is 13. The molecular weight excluding hydrogens is 316 g/mol. The molecule has 2 unspecified atom stereocenters. The molecule has 0 aliphatic carbocycles. The van der Waals surface area contributed by atoms with E-state index in [0.29, 0.717) is 12.5 Å². The third kappa shape index (κ3) is 30.3. The molecule has 0 aromatic heterocycles. The molecule has 142 valence electrons. The zero-order chi connectivity index (χ0) is 18.1. The summed E-state index contributed by atoms with van der Waals surface area (Å²) in [4.78, 5) is 0. The highest BCUT2D eigenvalue weighted by atomic mass is 32.3. The first-order valence-corrected chi connectivity index (χ1v) is 10.3. The van der Waals surface area contributed by atoms with E-state index in [0.717, 1.165) is 5.92 Å². The molecule has 6 heteroatoms. The lowest BCUT2D eigenvalue weighted by molar-refractivity contribution is 0.225. The van der Waals surface area contributed by atoms with Crippen LogP contribution >= 0.6 is 0 Å². The number of unbranched alkanes of at least 4 members (excludes halogenated alkanes) is 6. The zero-order valence-corrected chi connectivity index (χ0v) is 15.9. The second-order valence-electron chi connectivity index (χ2n) is 6.64. The van der Waals surface area contributed by atoms with Gasteiger partial charge in [0.15, 0.2) is 0 Å². The van der Waals surface area contributed by atoms with Gasteiger partial charge in [0.2, 0.25) is 0 Å². The van der Waals surface area contributed by atoms with Crippen molar-refractivity contribution in [2.45, 2.75) is 91.4 Å². The maximum Gasteiger partial charge on any atom is 0.0456 e. The molecule has 0 rings (SSSR count). The Kier molecular flexibility index (Phi) is 18.2. The lowest BCUT2D eigenvalue weighted by Gasteiger charge is -2.12. The van der Waals surface area contributed by atoms with Crippen LogP contribution < -0.4 is 0 Å². The number of hydrogen-bond donors (Lipinski definition) is 1. The van der Waals surface area contributed by atoms with Gasteiger partial charge >= 0.3 is 0 Å². The molecule has 0 fully saturated rings. The van der Waals surface area contributed by atoms with Crippen LogP contribution in [0.5, 0.6) is 0 Å². The van der Waals surface area contributed by atoms with Crippen LogP contribution in [0, 0.1) is 11.8 Å². The zero-order valence-electron chi connectivity index (χ0n) is 15.1. The number of aliphatic hydroxyl groups excluding tert-OH is 1. The van der Waals surface area contributed by atoms with Crippen molar-refractivity contribution in [3.05, 3.63) is 0 Å². The van der Waals surface area contributed by atoms with Gasteiger partial charge in [-0.2, -0.15) is 0 Å². The molecule has 0 saturated heterocycles. The molecule has 1 N–H and O–H groups in total. The lowest BCUT2D eigenvalue weighted by Crippen LogP contribution is -2.02. The Morgan fingerprint density at radius 3 is 1.65 bits per heavy atom. The Morgan fingerprint density at radius 2 is 1.17 bits per heavy atom. The van der Waals surface area contributed by atoms with E-state index in [4.69, 9.17) is 22.6 Å². The number of hydrogen-bond acceptors (Lipinski definition) is 5. The van der Waals surface area contributed by atoms with E-state index in [9.17, 15) is 0 Å². The molecule has 0 bridgehead atoms. The van der Waals surface area contributed by atoms with Gasteiger partial charge in [0, 0.05) is 17.0 Å². The third-order valence-corrected chi connectivity index (χ3v) is 4.01. The highest BCUT2D eigenvalue weighted by Crippen LogP contribution is 2.18. The van der Waals surface area contributed by atoms with Gasteiger partial charge in [0.1, 0.15) is 0 Å². The Hall–Kier alpha value is -0.170. The fraction of sp³-hybridized carbons (Fsp3) is 1.00. The van der Waals surface area contributed by atoms with Crippen molar-refractivity contribution in [2.75, 3.05) is 6.61 Å². The van der Waals surface area contributed by atoms with Crippen LogP contribution in [0.4, 0.5) is 0 Å². The standard InChI is InChI=1S/C17H36O.H2O4S/c1-4-5-6-7-8-9-10-12-16(2)13-11-14-17(3)15-18;1-5(2,3)4/h16-18H,4-15H2,1-3H3;(H2,1,2,3,4)/p-2. The van der Waals surface area contributed by atoms with Crippen molar-refractivity contribution in [3.63, 3.8) is 0 Å². The van der Waals surface area contributed by atoms with E-state index in [2.05, 4.69) is 20.8 Å². The van der Waals surface area contributed by atoms with Crippen molar-refractivity contribution in [1.82, 2.24) is 0 Å². The topological polar surface area (TPSA) is 100 Å². The van der Waals surface area contributed by atoms with Gasteiger partial charge in [-0.05, 0) is 18.3 Å². The summed E-state index contributed by atoms with van der Waals surface area (Å²) < 4.78 is 34.1. The van der Waals surface area contributed by atoms with Gasteiger partial charge in [0.25, 0.3) is 0 Å². The van der Waals surface area contributed by atoms with Gasteiger partial charge in [0.05, 0.1) is 0 Å². The molecule has 0 aromatic carbocycles. The minimum Gasteiger partial charge on any atom is -0.759 e. The summed E-state index contributed by atoms with van der Waals surface area (Å²) in [6.45, 7) is 7.16. The molecule has 0 aliphatic heterocycles. The molecule has 0 radical (unpaired) electrons. The molecule has 0 spiro atoms. The van der Waals surface area contributed by atoms with E-state index < -0.39 is 10.4 Å². The van der Waals surface area contributed by atoms with Crippen LogP contribution in [0.2, 0.25) is 0 Å². The SMILES string of the molecule is CCCCCCCCCC(C)CCCC(C)CO.O=S(=O)([O-])[O-]. The van der Waals surface area contributed by atoms with Crippen molar-refractivity contribution in [3.8, 4) is 0 Å². The van der Waals surface area contributed by atoms with E-state index in [1.54, 1.807) is 0 Å². The van der Waals surface area contributed by atoms with Crippen LogP contribution in [-0.4, -0.2) is 29.2 Å². The van der Waals surface area contributed by atoms with Crippen molar-refractivity contribution >= 4 is 10.4 Å². The van der Waals surface area contributed by atoms with Gasteiger partial charge in [-0.1, -0.05) is 85.0 Å². The molecular formula is C17H36O5S-2. The first-order chi connectivity index (χ1) is 10.7. The predicted molar refractivity (Wildman–Crippen MR) is 92.3 cm³/mol. The molecule has 5 nitrogen and oxygen atoms in total. The fourth-order valence-electron chi connectivity index (χ4n) is 2.50. The summed E-state index contributed by atoms with van der Waals surface area (Å²) in [5.41, 5.74) is 0. The Balaban J connectivity index is 0. The molecule has 2 atom stereocenters. The average Bonchev–Trinajstić information content (AvgIpc) is 2.44. The average molecular weight is 353 g/mol. The number of aliphatic hydroxyl groups is 1. The van der Waals surface area contributed by atoms with Gasteiger partial charge in [-0.25, -0.2) is 0 Å².